The molecule has 3 rings (SSSR count). The van der Waals surface area contributed by atoms with Crippen molar-refractivity contribution < 1.29 is 0 Å². The highest BCUT2D eigenvalue weighted by Crippen LogP contribution is 2.26. The molecule has 18 heavy (non-hydrogen) atoms. The maximum atomic E-state index is 3.85. The molecule has 3 nitrogen and oxygen atoms in total. The van der Waals surface area contributed by atoms with Crippen LogP contribution in [0.5, 0.6) is 0 Å². The SMILES string of the molecule is C1CCCN(CCNC2CCN3CCC2C3)CC1. The van der Waals surface area contributed by atoms with Gasteiger partial charge in [0, 0.05) is 25.7 Å². The first-order valence-electron chi connectivity index (χ1n) is 8.10. The molecular weight excluding hydrogens is 222 g/mol. The van der Waals surface area contributed by atoms with Crippen LogP contribution in [0.15, 0.2) is 0 Å². The molecule has 3 heterocycles. The molecule has 3 aliphatic rings. The van der Waals surface area contributed by atoms with E-state index in [2.05, 4.69) is 15.1 Å². The van der Waals surface area contributed by atoms with Gasteiger partial charge in [-0.05, 0) is 57.8 Å². The van der Waals surface area contributed by atoms with Crippen molar-refractivity contribution >= 4 is 0 Å². The maximum absolute atomic E-state index is 3.85. The van der Waals surface area contributed by atoms with Gasteiger partial charge in [-0.2, -0.15) is 0 Å². The van der Waals surface area contributed by atoms with Crippen molar-refractivity contribution in [3.05, 3.63) is 0 Å². The van der Waals surface area contributed by atoms with Gasteiger partial charge in [0.1, 0.15) is 0 Å². The van der Waals surface area contributed by atoms with Crippen LogP contribution in [-0.4, -0.2) is 61.7 Å². The third-order valence-corrected chi connectivity index (χ3v) is 5.17. The number of hydrogen-bond donors (Lipinski definition) is 1. The number of nitrogens with one attached hydrogen (secondary N) is 1. The average molecular weight is 251 g/mol. The molecule has 0 aromatic carbocycles. The molecule has 104 valence electrons. The number of rotatable bonds is 4. The molecule has 3 fully saturated rings. The van der Waals surface area contributed by atoms with Gasteiger partial charge in [-0.3, -0.25) is 0 Å². The van der Waals surface area contributed by atoms with E-state index in [0.717, 1.165) is 12.0 Å². The fraction of sp³-hybridized carbons (Fsp3) is 1.00. The Labute approximate surface area is 112 Å². The second-order valence-electron chi connectivity index (χ2n) is 6.45. The molecule has 2 bridgehead atoms. The Kier molecular flexibility index (Phi) is 4.55. The summed E-state index contributed by atoms with van der Waals surface area (Å²) >= 11 is 0. The number of likely N-dealkylation sites (tertiary alicyclic amines) is 1. The van der Waals surface area contributed by atoms with Crippen LogP contribution >= 0.6 is 0 Å². The lowest BCUT2D eigenvalue weighted by molar-refractivity contribution is 0.211. The highest BCUT2D eigenvalue weighted by atomic mass is 15.2. The molecule has 0 spiro atoms. The summed E-state index contributed by atoms with van der Waals surface area (Å²) in [6.45, 7) is 9.20. The van der Waals surface area contributed by atoms with E-state index >= 15 is 0 Å². The van der Waals surface area contributed by atoms with Gasteiger partial charge in [-0.1, -0.05) is 12.8 Å². The molecule has 0 radical (unpaired) electrons. The van der Waals surface area contributed by atoms with Crippen molar-refractivity contribution in [1.82, 2.24) is 15.1 Å². The van der Waals surface area contributed by atoms with Crippen LogP contribution in [0.4, 0.5) is 0 Å². The van der Waals surface area contributed by atoms with Gasteiger partial charge in [0.2, 0.25) is 0 Å². The van der Waals surface area contributed by atoms with E-state index in [-0.39, 0.29) is 0 Å². The number of nitrogens with zero attached hydrogens (tertiary/aromatic N) is 2. The summed E-state index contributed by atoms with van der Waals surface area (Å²) in [6.07, 6.45) is 8.54. The maximum Gasteiger partial charge on any atom is 0.0121 e. The smallest absolute Gasteiger partial charge is 0.0121 e. The molecule has 3 saturated heterocycles. The van der Waals surface area contributed by atoms with Crippen molar-refractivity contribution in [2.24, 2.45) is 5.92 Å². The van der Waals surface area contributed by atoms with E-state index in [9.17, 15) is 0 Å². The largest absolute Gasteiger partial charge is 0.312 e. The zero-order chi connectivity index (χ0) is 12.2. The van der Waals surface area contributed by atoms with Gasteiger partial charge in [-0.15, -0.1) is 0 Å². The highest BCUT2D eigenvalue weighted by molar-refractivity contribution is 4.90. The van der Waals surface area contributed by atoms with Crippen molar-refractivity contribution in [2.45, 2.75) is 44.6 Å². The van der Waals surface area contributed by atoms with E-state index in [4.69, 9.17) is 0 Å². The monoisotopic (exact) mass is 251 g/mol. The lowest BCUT2D eigenvalue weighted by Crippen LogP contribution is -2.46. The normalized spacial score (nSPS) is 37.7. The summed E-state index contributed by atoms with van der Waals surface area (Å²) in [5.74, 6) is 0.947. The molecule has 0 aromatic heterocycles. The van der Waals surface area contributed by atoms with Crippen LogP contribution < -0.4 is 5.32 Å². The Morgan fingerprint density at radius 3 is 2.50 bits per heavy atom. The summed E-state index contributed by atoms with van der Waals surface area (Å²) in [5, 5.41) is 3.85. The first-order valence-corrected chi connectivity index (χ1v) is 8.10. The lowest BCUT2D eigenvalue weighted by Gasteiger charge is -2.32. The molecule has 3 aliphatic heterocycles. The zero-order valence-corrected chi connectivity index (χ0v) is 11.7. The average Bonchev–Trinajstić information content (AvgIpc) is 2.61. The van der Waals surface area contributed by atoms with Gasteiger partial charge in [0.25, 0.3) is 0 Å². The number of fused-ring (bicyclic) bond motifs is 2. The van der Waals surface area contributed by atoms with E-state index in [1.165, 1.54) is 84.3 Å². The highest BCUT2D eigenvalue weighted by Gasteiger charge is 2.33. The first-order chi connectivity index (χ1) is 8.92. The quantitative estimate of drug-likeness (QED) is 0.818. The van der Waals surface area contributed by atoms with Crippen LogP contribution in [0.2, 0.25) is 0 Å². The van der Waals surface area contributed by atoms with E-state index in [1.54, 1.807) is 0 Å². The van der Waals surface area contributed by atoms with Crippen LogP contribution in [-0.2, 0) is 0 Å². The minimum Gasteiger partial charge on any atom is -0.312 e. The molecule has 0 aromatic rings. The minimum atomic E-state index is 0.815. The second-order valence-corrected chi connectivity index (χ2v) is 6.45. The first kappa shape index (κ1) is 12.9. The molecule has 0 saturated carbocycles. The van der Waals surface area contributed by atoms with E-state index in [0.29, 0.717) is 0 Å². The topological polar surface area (TPSA) is 18.5 Å². The van der Waals surface area contributed by atoms with E-state index < -0.39 is 0 Å². The van der Waals surface area contributed by atoms with Crippen LogP contribution in [0.3, 0.4) is 0 Å². The second kappa shape index (κ2) is 6.36. The van der Waals surface area contributed by atoms with Crippen molar-refractivity contribution in [3.63, 3.8) is 0 Å². The van der Waals surface area contributed by atoms with Crippen molar-refractivity contribution in [1.29, 1.82) is 0 Å². The third kappa shape index (κ3) is 3.25. The summed E-state index contributed by atoms with van der Waals surface area (Å²) in [5.41, 5.74) is 0. The Morgan fingerprint density at radius 2 is 1.67 bits per heavy atom. The molecule has 1 N–H and O–H groups in total. The molecule has 0 aliphatic carbocycles. The van der Waals surface area contributed by atoms with Crippen molar-refractivity contribution in [2.75, 3.05) is 45.8 Å². The number of piperidine rings is 1. The summed E-state index contributed by atoms with van der Waals surface area (Å²) in [7, 11) is 0. The molecule has 3 unspecified atom stereocenters. The molecule has 3 heteroatoms. The summed E-state index contributed by atoms with van der Waals surface area (Å²) < 4.78 is 0. The summed E-state index contributed by atoms with van der Waals surface area (Å²) in [6, 6.07) is 0.815. The Hall–Kier alpha value is -0.120. The molecular formula is C15H29N3. The predicted octanol–water partition coefficient (Wildman–Crippen LogP) is 1.55. The predicted molar refractivity (Wildman–Crippen MR) is 75.9 cm³/mol. The van der Waals surface area contributed by atoms with Crippen molar-refractivity contribution in [3.8, 4) is 0 Å². The fourth-order valence-corrected chi connectivity index (χ4v) is 3.99. The standard InChI is InChI=1S/C15H29N3/c1-2-4-9-17(8-3-1)12-7-16-15-6-11-18-10-5-14(15)13-18/h14-16H,1-13H2. The summed E-state index contributed by atoms with van der Waals surface area (Å²) in [4.78, 5) is 5.31. The number of hydrogen-bond acceptors (Lipinski definition) is 3. The van der Waals surface area contributed by atoms with Gasteiger partial charge in [0.15, 0.2) is 0 Å². The van der Waals surface area contributed by atoms with Gasteiger partial charge >= 0.3 is 0 Å². The Balaban J connectivity index is 1.36. The minimum absolute atomic E-state index is 0.815. The third-order valence-electron chi connectivity index (χ3n) is 5.17. The van der Waals surface area contributed by atoms with Gasteiger partial charge in [-0.25, -0.2) is 0 Å². The fourth-order valence-electron chi connectivity index (χ4n) is 3.99. The van der Waals surface area contributed by atoms with Crippen LogP contribution in [0.25, 0.3) is 0 Å². The molecule has 3 atom stereocenters. The van der Waals surface area contributed by atoms with Gasteiger partial charge in [0.05, 0.1) is 0 Å². The Bertz CT molecular complexity index is 248. The van der Waals surface area contributed by atoms with E-state index in [1.807, 2.05) is 0 Å². The van der Waals surface area contributed by atoms with Crippen LogP contribution in [0.1, 0.15) is 38.5 Å². The molecule has 0 amide bonds. The lowest BCUT2D eigenvalue weighted by atomic mass is 9.94. The Morgan fingerprint density at radius 1 is 0.889 bits per heavy atom. The van der Waals surface area contributed by atoms with Gasteiger partial charge < -0.3 is 15.1 Å². The van der Waals surface area contributed by atoms with Crippen LogP contribution in [0, 0.1) is 5.92 Å². The zero-order valence-electron chi connectivity index (χ0n) is 11.7.